The van der Waals surface area contributed by atoms with Crippen molar-refractivity contribution in [3.63, 3.8) is 0 Å². The largest absolute Gasteiger partial charge is 0.509 e. The number of aliphatic carboxylic acids is 1. The smallest absolute Gasteiger partial charge is 0.481 e. The summed E-state index contributed by atoms with van der Waals surface area (Å²) in [7, 11) is 0. The summed E-state index contributed by atoms with van der Waals surface area (Å²) in [6, 6.07) is 2.14. The molecule has 1 N–H and O–H groups in total. The second kappa shape index (κ2) is 4.55. The minimum atomic E-state index is -5.22. The van der Waals surface area contributed by atoms with E-state index in [4.69, 9.17) is 5.11 Å². The van der Waals surface area contributed by atoms with Crippen LogP contribution in [0.4, 0.5) is 17.3 Å². The van der Waals surface area contributed by atoms with Gasteiger partial charge in [-0.15, -0.1) is 5.46 Å². The molecule has 16 heavy (non-hydrogen) atoms. The molecule has 7 heteroatoms. The number of hydrogen-bond acceptors (Lipinski definition) is 1. The first kappa shape index (κ1) is 12.5. The lowest BCUT2D eigenvalue weighted by molar-refractivity contribution is -0.136. The van der Waals surface area contributed by atoms with E-state index < -0.39 is 24.2 Å². The van der Waals surface area contributed by atoms with Crippen molar-refractivity contribution >= 4 is 18.4 Å². The van der Waals surface area contributed by atoms with E-state index >= 15 is 0 Å². The molecule has 1 rings (SSSR count). The first-order chi connectivity index (χ1) is 7.30. The minimum absolute atomic E-state index is 0.0220. The van der Waals surface area contributed by atoms with Crippen molar-refractivity contribution in [1.82, 2.24) is 0 Å². The van der Waals surface area contributed by atoms with Gasteiger partial charge in [-0.25, -0.2) is 4.39 Å². The van der Waals surface area contributed by atoms with Crippen molar-refractivity contribution < 1.29 is 27.2 Å². The highest BCUT2D eigenvalue weighted by Crippen LogP contribution is 2.13. The molecule has 1 aromatic rings. The summed E-state index contributed by atoms with van der Waals surface area (Å²) in [5.74, 6) is -2.14. The highest BCUT2D eigenvalue weighted by Gasteiger charge is 2.26. The first-order valence-corrected chi connectivity index (χ1v) is 4.51. The van der Waals surface area contributed by atoms with Crippen molar-refractivity contribution in [1.29, 1.82) is 0 Å². The Labute approximate surface area is 89.0 Å². The normalized spacial score (nSPS) is 11.5. The number of aryl methyl sites for hydroxylation is 1. The van der Waals surface area contributed by atoms with E-state index in [9.17, 15) is 22.1 Å². The fraction of sp³-hybridized carbons (Fsp3) is 0.222. The van der Waals surface area contributed by atoms with Crippen LogP contribution < -0.4 is 5.46 Å². The van der Waals surface area contributed by atoms with Gasteiger partial charge in [0, 0.05) is 6.42 Å². The Bertz CT molecular complexity index is 403. The zero-order valence-corrected chi connectivity index (χ0v) is 8.09. The van der Waals surface area contributed by atoms with Gasteiger partial charge in [0.1, 0.15) is 5.82 Å². The maximum Gasteiger partial charge on any atom is 0.509 e. The predicted molar refractivity (Wildman–Crippen MR) is 51.1 cm³/mol. The molecule has 0 saturated heterocycles. The van der Waals surface area contributed by atoms with Crippen LogP contribution in [0, 0.1) is 5.82 Å². The molecule has 0 atom stereocenters. The molecule has 0 bridgehead atoms. The van der Waals surface area contributed by atoms with Gasteiger partial charge >= 0.3 is 12.9 Å². The number of halogens is 4. The average Bonchev–Trinajstić information content (AvgIpc) is 2.14. The van der Waals surface area contributed by atoms with Gasteiger partial charge in [0.05, 0.1) is 0 Å². The number of benzene rings is 1. The molecule has 0 aliphatic rings. The Balaban J connectivity index is 2.88. The number of carbonyl (C=O) groups is 1. The Morgan fingerprint density at radius 1 is 1.31 bits per heavy atom. The summed E-state index contributed by atoms with van der Waals surface area (Å²) in [5, 5.41) is 8.35. The van der Waals surface area contributed by atoms with Crippen LogP contribution in [0.1, 0.15) is 12.0 Å². The molecule has 0 heterocycles. The second-order valence-corrected chi connectivity index (χ2v) is 3.32. The molecular formula is C9H8BF4O2-. The SMILES string of the molecule is O=C(O)CCc1ccc([B-](F)(F)F)cc1F. The van der Waals surface area contributed by atoms with Crippen molar-refractivity contribution in [2.45, 2.75) is 12.8 Å². The molecule has 0 aliphatic heterocycles. The van der Waals surface area contributed by atoms with Crippen molar-refractivity contribution in [3.05, 3.63) is 29.6 Å². The van der Waals surface area contributed by atoms with Crippen LogP contribution in [-0.4, -0.2) is 18.1 Å². The standard InChI is InChI=1S/C9H8BF4O2/c11-8-5-7(10(12,13)14)3-1-6(8)2-4-9(15)16/h1,3,5H,2,4H2,(H,15,16)/q-1. The van der Waals surface area contributed by atoms with Crippen LogP contribution in [0.25, 0.3) is 0 Å². The van der Waals surface area contributed by atoms with Crippen molar-refractivity contribution in [2.24, 2.45) is 0 Å². The lowest BCUT2D eigenvalue weighted by Crippen LogP contribution is -2.34. The Morgan fingerprint density at radius 2 is 1.94 bits per heavy atom. The molecule has 0 unspecified atom stereocenters. The lowest BCUT2D eigenvalue weighted by Gasteiger charge is -2.15. The number of carboxylic acid groups (broad SMARTS) is 1. The van der Waals surface area contributed by atoms with Crippen LogP contribution in [0.3, 0.4) is 0 Å². The van der Waals surface area contributed by atoms with Crippen LogP contribution in [0.15, 0.2) is 18.2 Å². The maximum atomic E-state index is 13.1. The van der Waals surface area contributed by atoms with Crippen LogP contribution in [-0.2, 0) is 11.2 Å². The van der Waals surface area contributed by atoms with Crippen LogP contribution in [0.5, 0.6) is 0 Å². The summed E-state index contributed by atoms with van der Waals surface area (Å²) in [6.07, 6.45) is -0.431. The Hall–Kier alpha value is -1.53. The zero-order chi connectivity index (χ0) is 12.3. The van der Waals surface area contributed by atoms with Gasteiger partial charge in [-0.2, -0.15) is 0 Å². The monoisotopic (exact) mass is 235 g/mol. The zero-order valence-electron chi connectivity index (χ0n) is 8.09. The summed E-state index contributed by atoms with van der Waals surface area (Å²) < 4.78 is 49.8. The maximum absolute atomic E-state index is 13.1. The molecule has 0 amide bonds. The van der Waals surface area contributed by atoms with E-state index in [1.54, 1.807) is 0 Å². The highest BCUT2D eigenvalue weighted by molar-refractivity contribution is 6.73. The van der Waals surface area contributed by atoms with E-state index in [-0.39, 0.29) is 18.4 Å². The third-order valence-electron chi connectivity index (χ3n) is 2.06. The summed E-state index contributed by atoms with van der Waals surface area (Å²) in [6.45, 7) is -5.22. The quantitative estimate of drug-likeness (QED) is 0.639. The van der Waals surface area contributed by atoms with Gasteiger partial charge in [0.25, 0.3) is 0 Å². The second-order valence-electron chi connectivity index (χ2n) is 3.32. The average molecular weight is 235 g/mol. The van der Waals surface area contributed by atoms with Gasteiger partial charge in [-0.1, -0.05) is 18.2 Å². The molecule has 0 fully saturated rings. The van der Waals surface area contributed by atoms with E-state index in [1.807, 2.05) is 0 Å². The molecule has 88 valence electrons. The Kier molecular flexibility index (Phi) is 3.56. The highest BCUT2D eigenvalue weighted by atomic mass is 19.4. The van der Waals surface area contributed by atoms with Gasteiger partial charge in [0.2, 0.25) is 0 Å². The van der Waals surface area contributed by atoms with Gasteiger partial charge in [-0.3, -0.25) is 4.79 Å². The van der Waals surface area contributed by atoms with E-state index in [0.717, 1.165) is 12.1 Å². The molecule has 2 nitrogen and oxygen atoms in total. The minimum Gasteiger partial charge on any atom is -0.481 e. The summed E-state index contributed by atoms with van der Waals surface area (Å²) >= 11 is 0. The fourth-order valence-electron chi connectivity index (χ4n) is 1.21. The topological polar surface area (TPSA) is 37.3 Å². The number of carboxylic acids is 1. The molecule has 0 aliphatic carbocycles. The van der Waals surface area contributed by atoms with Crippen molar-refractivity contribution in [3.8, 4) is 0 Å². The molecular weight excluding hydrogens is 227 g/mol. The van der Waals surface area contributed by atoms with Gasteiger partial charge in [-0.05, 0) is 12.0 Å². The fourth-order valence-corrected chi connectivity index (χ4v) is 1.21. The van der Waals surface area contributed by atoms with Gasteiger partial charge < -0.3 is 18.1 Å². The van der Waals surface area contributed by atoms with Crippen LogP contribution in [0.2, 0.25) is 0 Å². The lowest BCUT2D eigenvalue weighted by atomic mass is 9.79. The molecule has 0 aromatic heterocycles. The van der Waals surface area contributed by atoms with E-state index in [2.05, 4.69) is 0 Å². The summed E-state index contributed by atoms with van der Waals surface area (Å²) in [5.41, 5.74) is -1.04. The number of rotatable bonds is 4. The van der Waals surface area contributed by atoms with E-state index in [1.165, 1.54) is 0 Å². The molecule has 0 saturated carbocycles. The molecule has 0 radical (unpaired) electrons. The molecule has 1 aromatic carbocycles. The third-order valence-corrected chi connectivity index (χ3v) is 2.06. The van der Waals surface area contributed by atoms with Gasteiger partial charge in [0.15, 0.2) is 0 Å². The Morgan fingerprint density at radius 3 is 2.38 bits per heavy atom. The number of hydrogen-bond donors (Lipinski definition) is 1. The molecule has 0 spiro atoms. The summed E-state index contributed by atoms with van der Waals surface area (Å²) in [4.78, 5) is 10.2. The third kappa shape index (κ3) is 3.25. The van der Waals surface area contributed by atoms with Crippen molar-refractivity contribution in [2.75, 3.05) is 0 Å². The van der Waals surface area contributed by atoms with E-state index in [0.29, 0.717) is 6.07 Å². The first-order valence-electron chi connectivity index (χ1n) is 4.51. The van der Waals surface area contributed by atoms with Crippen LogP contribution >= 0.6 is 0 Å². The predicted octanol–water partition coefficient (Wildman–Crippen LogP) is 1.90.